The van der Waals surface area contributed by atoms with E-state index in [1.54, 1.807) is 18.2 Å². The van der Waals surface area contributed by atoms with Crippen LogP contribution in [0.25, 0.3) is 0 Å². The number of nitrogens with two attached hydrogens (primary N) is 1. The monoisotopic (exact) mass is 576 g/mol. The van der Waals surface area contributed by atoms with Gasteiger partial charge in [0.05, 0.1) is 10.9 Å². The summed E-state index contributed by atoms with van der Waals surface area (Å²) in [5.41, 5.74) is 5.66. The predicted molar refractivity (Wildman–Crippen MR) is 136 cm³/mol. The summed E-state index contributed by atoms with van der Waals surface area (Å²) in [6.07, 6.45) is -0.595. The Labute approximate surface area is 224 Å². The van der Waals surface area contributed by atoms with E-state index in [9.17, 15) is 18.4 Å². The van der Waals surface area contributed by atoms with Crippen LogP contribution in [-0.4, -0.2) is 16.0 Å². The zero-order valence-electron chi connectivity index (χ0n) is 17.5. The zero-order chi connectivity index (χ0) is 25.7. The maximum atomic E-state index is 14.1. The fourth-order valence-corrected chi connectivity index (χ4v) is 5.50. The molecular formula is C24H15Cl5F2N2O2. The second kappa shape index (κ2) is 9.75. The third kappa shape index (κ3) is 5.37. The molecule has 11 heteroatoms. The van der Waals surface area contributed by atoms with E-state index in [0.29, 0.717) is 15.6 Å². The first-order valence-corrected chi connectivity index (χ1v) is 12.0. The maximum absolute atomic E-state index is 14.1. The van der Waals surface area contributed by atoms with Crippen molar-refractivity contribution in [1.82, 2.24) is 0 Å². The van der Waals surface area contributed by atoms with Crippen molar-refractivity contribution in [2.75, 3.05) is 11.1 Å². The Kier molecular flexibility index (Phi) is 7.24. The molecule has 1 unspecified atom stereocenters. The number of benzene rings is 3. The highest BCUT2D eigenvalue weighted by Gasteiger charge is 2.67. The molecule has 0 heterocycles. The van der Waals surface area contributed by atoms with E-state index in [2.05, 4.69) is 5.32 Å². The van der Waals surface area contributed by atoms with Gasteiger partial charge in [-0.3, -0.25) is 9.59 Å². The Morgan fingerprint density at radius 1 is 0.943 bits per heavy atom. The summed E-state index contributed by atoms with van der Waals surface area (Å²) in [5, 5.41) is 3.45. The lowest BCUT2D eigenvalue weighted by molar-refractivity contribution is -0.117. The van der Waals surface area contributed by atoms with E-state index in [-0.39, 0.29) is 22.0 Å². The van der Waals surface area contributed by atoms with Crippen molar-refractivity contribution in [1.29, 1.82) is 0 Å². The van der Waals surface area contributed by atoms with Crippen molar-refractivity contribution in [3.05, 3.63) is 91.9 Å². The fraction of sp³-hybridized carbons (Fsp3) is 0.167. The minimum Gasteiger partial charge on any atom is -0.399 e. The molecule has 0 spiro atoms. The van der Waals surface area contributed by atoms with Crippen LogP contribution in [0.4, 0.5) is 20.2 Å². The molecule has 2 atom stereocenters. The van der Waals surface area contributed by atoms with Gasteiger partial charge >= 0.3 is 0 Å². The maximum Gasteiger partial charge on any atom is 0.231 e. The van der Waals surface area contributed by atoms with Gasteiger partial charge in [-0.05, 0) is 54.1 Å². The number of nitrogens with one attached hydrogen (secondary N) is 1. The molecule has 4 rings (SSSR count). The van der Waals surface area contributed by atoms with Crippen LogP contribution in [0, 0.1) is 17.6 Å². The van der Waals surface area contributed by atoms with Crippen LogP contribution in [0.5, 0.6) is 0 Å². The quantitative estimate of drug-likeness (QED) is 0.181. The summed E-state index contributed by atoms with van der Waals surface area (Å²) in [4.78, 5) is 25.7. The smallest absolute Gasteiger partial charge is 0.231 e. The van der Waals surface area contributed by atoms with E-state index in [1.165, 1.54) is 18.2 Å². The molecule has 3 aromatic carbocycles. The molecule has 1 aliphatic carbocycles. The highest BCUT2D eigenvalue weighted by molar-refractivity contribution is 6.53. The average molecular weight is 579 g/mol. The van der Waals surface area contributed by atoms with Gasteiger partial charge in [-0.15, -0.1) is 23.2 Å². The van der Waals surface area contributed by atoms with E-state index in [4.69, 9.17) is 63.7 Å². The molecule has 3 N–H and O–H groups in total. The van der Waals surface area contributed by atoms with Gasteiger partial charge in [0.2, 0.25) is 5.91 Å². The Bertz CT molecular complexity index is 1320. The standard InChI is InChI=1S/C24H15Cl5F2N2O2/c25-11-3-10(4-12(26)5-11)21-22(24(21,28)29)23(35)33-14-1-2-17(27)15(8-14)20(34)9-16-18(30)6-13(32)7-19(16)31/h1-8,21-22H,9,32H2,(H,33,35)/t21?,22-/m1/s1. The summed E-state index contributed by atoms with van der Waals surface area (Å²) in [5.74, 6) is -4.45. The van der Waals surface area contributed by atoms with Crippen molar-refractivity contribution >= 4 is 81.1 Å². The number of halogens is 7. The molecule has 0 aliphatic heterocycles. The molecule has 0 radical (unpaired) electrons. The van der Waals surface area contributed by atoms with Crippen LogP contribution in [0.15, 0.2) is 48.5 Å². The van der Waals surface area contributed by atoms with Crippen LogP contribution in [0.3, 0.4) is 0 Å². The normalized spacial score (nSPS) is 18.3. The molecule has 0 bridgehead atoms. The van der Waals surface area contributed by atoms with Gasteiger partial charge in [-0.25, -0.2) is 8.78 Å². The molecule has 1 amide bonds. The number of carbonyl (C=O) groups is 2. The Morgan fingerprint density at radius 3 is 2.14 bits per heavy atom. The van der Waals surface area contributed by atoms with Gasteiger partial charge in [0.1, 0.15) is 16.0 Å². The SMILES string of the molecule is Nc1cc(F)c(CC(=O)c2cc(NC(=O)[C@H]3C(c4cc(Cl)cc(Cl)c4)C3(Cl)Cl)ccc2Cl)c(F)c1. The lowest BCUT2D eigenvalue weighted by Gasteiger charge is -2.10. The molecule has 1 saturated carbocycles. The number of carbonyl (C=O) groups excluding carboxylic acids is 2. The van der Waals surface area contributed by atoms with Gasteiger partial charge in [0, 0.05) is 44.9 Å². The topological polar surface area (TPSA) is 72.2 Å². The second-order valence-electron chi connectivity index (χ2n) is 8.08. The number of anilines is 2. The van der Waals surface area contributed by atoms with Crippen LogP contribution in [-0.2, 0) is 11.2 Å². The van der Waals surface area contributed by atoms with Gasteiger partial charge in [0.25, 0.3) is 0 Å². The van der Waals surface area contributed by atoms with Crippen molar-refractivity contribution in [3.63, 3.8) is 0 Å². The lowest BCUT2D eigenvalue weighted by Crippen LogP contribution is -2.17. The third-order valence-corrected chi connectivity index (χ3v) is 7.32. The van der Waals surface area contributed by atoms with Crippen molar-refractivity contribution < 1.29 is 18.4 Å². The highest BCUT2D eigenvalue weighted by Crippen LogP contribution is 2.65. The summed E-state index contributed by atoms with van der Waals surface area (Å²) < 4.78 is 26.9. The summed E-state index contributed by atoms with van der Waals surface area (Å²) in [6.45, 7) is 0. The third-order valence-electron chi connectivity index (χ3n) is 5.62. The first-order valence-electron chi connectivity index (χ1n) is 10.1. The molecule has 0 aromatic heterocycles. The number of nitrogen functional groups attached to an aromatic ring is 1. The molecule has 182 valence electrons. The summed E-state index contributed by atoms with van der Waals surface area (Å²) >= 11 is 31.0. The molecule has 35 heavy (non-hydrogen) atoms. The average Bonchev–Trinajstić information content (AvgIpc) is 3.33. The van der Waals surface area contributed by atoms with Crippen LogP contribution < -0.4 is 11.1 Å². The highest BCUT2D eigenvalue weighted by atomic mass is 35.5. The minimum atomic E-state index is -1.40. The van der Waals surface area contributed by atoms with Crippen molar-refractivity contribution in [3.8, 4) is 0 Å². The first-order chi connectivity index (χ1) is 16.4. The number of hydrogen-bond donors (Lipinski definition) is 2. The molecule has 1 aliphatic rings. The first kappa shape index (κ1) is 26.0. The summed E-state index contributed by atoms with van der Waals surface area (Å²) in [7, 11) is 0. The number of hydrogen-bond acceptors (Lipinski definition) is 3. The Morgan fingerprint density at radius 2 is 1.54 bits per heavy atom. The van der Waals surface area contributed by atoms with Gasteiger partial charge in [-0.2, -0.15) is 0 Å². The van der Waals surface area contributed by atoms with Crippen LogP contribution >= 0.6 is 58.0 Å². The molecule has 1 fully saturated rings. The largest absolute Gasteiger partial charge is 0.399 e. The molecular weight excluding hydrogens is 564 g/mol. The Balaban J connectivity index is 1.53. The molecule has 0 saturated heterocycles. The molecule has 4 nitrogen and oxygen atoms in total. The fourth-order valence-electron chi connectivity index (χ4n) is 3.91. The lowest BCUT2D eigenvalue weighted by atomic mass is 10.0. The predicted octanol–water partition coefficient (Wildman–Crippen LogP) is 7.46. The zero-order valence-corrected chi connectivity index (χ0v) is 21.3. The van der Waals surface area contributed by atoms with Crippen LogP contribution in [0.1, 0.15) is 27.4 Å². The van der Waals surface area contributed by atoms with Gasteiger partial charge in [-0.1, -0.05) is 34.8 Å². The van der Waals surface area contributed by atoms with Gasteiger partial charge < -0.3 is 11.1 Å². The number of alkyl halides is 2. The van der Waals surface area contributed by atoms with Crippen molar-refractivity contribution in [2.24, 2.45) is 5.92 Å². The van der Waals surface area contributed by atoms with Gasteiger partial charge in [0.15, 0.2) is 5.78 Å². The Hall–Kier alpha value is -2.09. The number of amides is 1. The molecule has 3 aromatic rings. The number of rotatable bonds is 6. The van der Waals surface area contributed by atoms with Crippen LogP contribution in [0.2, 0.25) is 15.1 Å². The van der Waals surface area contributed by atoms with E-state index < -0.39 is 51.5 Å². The van der Waals surface area contributed by atoms with E-state index >= 15 is 0 Å². The van der Waals surface area contributed by atoms with Crippen molar-refractivity contribution in [2.45, 2.75) is 16.7 Å². The van der Waals surface area contributed by atoms with E-state index in [0.717, 1.165) is 12.1 Å². The second-order valence-corrected chi connectivity index (χ2v) is 10.8. The summed E-state index contributed by atoms with van der Waals surface area (Å²) in [6, 6.07) is 10.8. The number of ketones is 1. The number of Topliss-reactive ketones (excluding diaryl/α,β-unsaturated/α-hetero) is 1. The minimum absolute atomic E-state index is 0.0305. The van der Waals surface area contributed by atoms with E-state index in [1.807, 2.05) is 0 Å².